The predicted octanol–water partition coefficient (Wildman–Crippen LogP) is 17.9. The van der Waals surface area contributed by atoms with Gasteiger partial charge in [0.15, 0.2) is 5.58 Å². The number of benzene rings is 9. The van der Waals surface area contributed by atoms with E-state index in [4.69, 9.17) is 30.4 Å². The van der Waals surface area contributed by atoms with Crippen LogP contribution < -0.4 is 26.2 Å². The van der Waals surface area contributed by atoms with Crippen molar-refractivity contribution in [2.24, 2.45) is 0 Å². The molecule has 0 unspecified atom stereocenters. The molecule has 9 aromatic carbocycles. The Labute approximate surface area is 450 Å². The first-order valence-electron chi connectivity index (χ1n) is 29.8. The third kappa shape index (κ3) is 7.48. The maximum atomic E-state index is 10.6. The Hall–Kier alpha value is -6.98. The Balaban J connectivity index is 1.38. The van der Waals surface area contributed by atoms with Crippen LogP contribution in [0.15, 0.2) is 186 Å². The second-order valence-corrected chi connectivity index (χ2v) is 22.7. The molecule has 10 aromatic rings. The number of fused-ring (bicyclic) bond motifs is 7. The largest absolute Gasteiger partial charge is 0.454 e. The van der Waals surface area contributed by atoms with Crippen LogP contribution in [0.5, 0.6) is 0 Å². The fourth-order valence-electron chi connectivity index (χ4n) is 10.6. The highest BCUT2D eigenvalue weighted by atomic mass is 35.5. The highest BCUT2D eigenvalue weighted by Gasteiger charge is 2.46. The molecule has 0 saturated carbocycles. The van der Waals surface area contributed by atoms with Gasteiger partial charge < -0.3 is 14.2 Å². The molecule has 0 N–H and O–H groups in total. The van der Waals surface area contributed by atoms with Gasteiger partial charge in [0.1, 0.15) is 5.58 Å². The normalized spacial score (nSPS) is 15.5. The van der Waals surface area contributed by atoms with Gasteiger partial charge in [0.05, 0.1) is 26.5 Å². The Kier molecular flexibility index (Phi) is 8.21. The standard InChI is InChI=1S/C66H57BCl2N2O/c1-64(2,3)43-33-48(40-21-13-10-14-22-40)61(49(34-43)41-23-15-11-16-24-41)70-54-37-45(68)29-31-52(54)67-53-32-30-46(69)38-55(53)71(57-36-44(65(4,5)6)35-56(70)60(57)67)62-50(42-25-17-12-18-26-42)39-51(66(7,8)9)59-47-27-19-20-28-58(47)72-63(59)62/h10-39H,1-9H3/i19D,20D,27D,28D,29D,30D,31D,32D,37D,38D,39D. The molecule has 0 aliphatic carbocycles. The van der Waals surface area contributed by atoms with Crippen LogP contribution in [-0.2, 0) is 16.2 Å². The smallest absolute Gasteiger partial charge is 0.252 e. The summed E-state index contributed by atoms with van der Waals surface area (Å²) in [7, 11) is 0. The first-order valence-corrected chi connectivity index (χ1v) is 25.0. The van der Waals surface area contributed by atoms with Gasteiger partial charge in [-0.15, -0.1) is 0 Å². The molecule has 0 bridgehead atoms. The number of hydrogen-bond acceptors (Lipinski definition) is 3. The Morgan fingerprint density at radius 1 is 0.486 bits per heavy atom. The van der Waals surface area contributed by atoms with Gasteiger partial charge in [-0.2, -0.15) is 0 Å². The van der Waals surface area contributed by atoms with E-state index < -0.39 is 47.8 Å². The molecule has 0 fully saturated rings. The van der Waals surface area contributed by atoms with Crippen molar-refractivity contribution in [3.05, 3.63) is 208 Å². The van der Waals surface area contributed by atoms with Crippen molar-refractivity contribution in [1.29, 1.82) is 0 Å². The van der Waals surface area contributed by atoms with Gasteiger partial charge in [-0.3, -0.25) is 0 Å². The molecule has 0 radical (unpaired) electrons. The molecule has 3 nitrogen and oxygen atoms in total. The van der Waals surface area contributed by atoms with Crippen LogP contribution in [-0.4, -0.2) is 6.71 Å². The lowest BCUT2D eigenvalue weighted by atomic mass is 9.33. The van der Waals surface area contributed by atoms with Crippen LogP contribution in [0, 0.1) is 0 Å². The summed E-state index contributed by atoms with van der Waals surface area (Å²) in [5.74, 6) is 0. The summed E-state index contributed by atoms with van der Waals surface area (Å²) in [5.41, 5.74) is 6.92. The van der Waals surface area contributed by atoms with Gasteiger partial charge >= 0.3 is 0 Å². The second kappa shape index (κ2) is 16.8. The summed E-state index contributed by atoms with van der Waals surface area (Å²) in [6, 6.07) is 33.6. The lowest BCUT2D eigenvalue weighted by Gasteiger charge is -2.46. The Bertz CT molecular complexity index is 4380. The summed E-state index contributed by atoms with van der Waals surface area (Å²) in [4.78, 5) is 3.76. The van der Waals surface area contributed by atoms with Gasteiger partial charge in [0.2, 0.25) is 0 Å². The topological polar surface area (TPSA) is 19.6 Å². The zero-order valence-electron chi connectivity index (χ0n) is 52.6. The van der Waals surface area contributed by atoms with Crippen LogP contribution in [0.25, 0.3) is 55.3 Å². The number of rotatable bonds is 5. The van der Waals surface area contributed by atoms with E-state index in [-0.39, 0.29) is 102 Å². The van der Waals surface area contributed by atoms with E-state index >= 15 is 0 Å². The fraction of sp³-hybridized carbons (Fsp3) is 0.182. The molecule has 2 aliphatic rings. The predicted molar refractivity (Wildman–Crippen MR) is 310 cm³/mol. The molecule has 0 spiro atoms. The van der Waals surface area contributed by atoms with Crippen molar-refractivity contribution in [2.75, 3.05) is 9.80 Å². The third-order valence-corrected chi connectivity index (χ3v) is 14.4. The number of nitrogens with zero attached hydrogens (tertiary/aromatic N) is 2. The molecule has 0 amide bonds. The van der Waals surface area contributed by atoms with E-state index in [2.05, 4.69) is 59.7 Å². The minimum atomic E-state index is -1.23. The van der Waals surface area contributed by atoms with Crippen LogP contribution in [0.3, 0.4) is 0 Å². The lowest BCUT2D eigenvalue weighted by molar-refractivity contribution is 0.590. The monoisotopic (exact) mass is 985 g/mol. The summed E-state index contributed by atoms with van der Waals surface area (Å²) in [6.07, 6.45) is 0. The number of furan rings is 1. The van der Waals surface area contributed by atoms with E-state index in [1.807, 2.05) is 123 Å². The molecule has 0 atom stereocenters. The number of anilines is 6. The van der Waals surface area contributed by atoms with Crippen LogP contribution in [0.4, 0.5) is 34.1 Å². The molecule has 6 heteroatoms. The SMILES string of the molecule is [2H]c1c([2H])c2c(c([2H])c1Cl)N(c1c(-c3ccccc3)cc(C(C)(C)C)cc1-c1ccccc1)c1cc(C(C)(C)C)cc3c1B2c1c([2H])c([2H])c(Cl)c([2H])c1N3c1c(-c2ccccc2)c([2H])c(C(C)(C)C)c2c1oc1c([2H])c([2H])c([2H])c([2H])c12. The lowest BCUT2D eigenvalue weighted by Crippen LogP contribution is -2.61. The van der Waals surface area contributed by atoms with Crippen LogP contribution in [0.2, 0.25) is 10.0 Å². The van der Waals surface area contributed by atoms with Gasteiger partial charge in [-0.25, -0.2) is 0 Å². The molecule has 1 aromatic heterocycles. The molecule has 2 aliphatic heterocycles. The Morgan fingerprint density at radius 2 is 0.944 bits per heavy atom. The quantitative estimate of drug-likeness (QED) is 0.160. The molecule has 354 valence electrons. The van der Waals surface area contributed by atoms with Gasteiger partial charge in [0.25, 0.3) is 6.71 Å². The number of para-hydroxylation sites is 1. The van der Waals surface area contributed by atoms with Crippen LogP contribution >= 0.6 is 23.2 Å². The minimum Gasteiger partial charge on any atom is -0.454 e. The molecule has 12 rings (SSSR count). The molecule has 3 heterocycles. The fourth-order valence-corrected chi connectivity index (χ4v) is 10.8. The number of halogens is 2. The van der Waals surface area contributed by atoms with Crippen molar-refractivity contribution in [3.63, 3.8) is 0 Å². The average Bonchev–Trinajstić information content (AvgIpc) is 1.42. The molecule has 72 heavy (non-hydrogen) atoms. The first kappa shape index (κ1) is 35.2. The summed E-state index contributed by atoms with van der Waals surface area (Å²) in [6.45, 7) is 17.3. The molecule has 0 saturated heterocycles. The summed E-state index contributed by atoms with van der Waals surface area (Å²) < 4.78 is 115. The number of hydrogen-bond donors (Lipinski definition) is 0. The molecular formula is C66H57BCl2N2O. The van der Waals surface area contributed by atoms with Gasteiger partial charge in [0, 0.05) is 60.3 Å². The highest BCUT2D eigenvalue weighted by molar-refractivity contribution is 7.00. The zero-order valence-corrected chi connectivity index (χ0v) is 43.1. The van der Waals surface area contributed by atoms with E-state index in [1.165, 1.54) is 0 Å². The van der Waals surface area contributed by atoms with Crippen molar-refractivity contribution in [2.45, 2.75) is 78.6 Å². The molecular weight excluding hydrogens is 918 g/mol. The minimum absolute atomic E-state index is 0.00296. The zero-order chi connectivity index (χ0) is 59.6. The van der Waals surface area contributed by atoms with Crippen molar-refractivity contribution >= 4 is 102 Å². The first-order chi connectivity index (χ1) is 39.1. The van der Waals surface area contributed by atoms with E-state index in [0.29, 0.717) is 39.2 Å². The van der Waals surface area contributed by atoms with Gasteiger partial charge in [-0.1, -0.05) is 207 Å². The summed E-state index contributed by atoms with van der Waals surface area (Å²) in [5, 5.41) is -0.285. The highest BCUT2D eigenvalue weighted by Crippen LogP contribution is 2.55. The Morgan fingerprint density at radius 3 is 1.43 bits per heavy atom. The van der Waals surface area contributed by atoms with Crippen molar-refractivity contribution in [3.8, 4) is 33.4 Å². The maximum absolute atomic E-state index is 10.6. The van der Waals surface area contributed by atoms with E-state index in [9.17, 15) is 12.3 Å². The van der Waals surface area contributed by atoms with Gasteiger partial charge in [-0.05, 0) is 127 Å². The van der Waals surface area contributed by atoms with Crippen molar-refractivity contribution in [1.82, 2.24) is 0 Å². The van der Waals surface area contributed by atoms with Crippen LogP contribution in [0.1, 0.15) is 94.1 Å². The van der Waals surface area contributed by atoms with Crippen molar-refractivity contribution < 1.29 is 19.5 Å². The van der Waals surface area contributed by atoms with E-state index in [1.54, 1.807) is 4.90 Å². The maximum Gasteiger partial charge on any atom is 0.252 e. The van der Waals surface area contributed by atoms with E-state index in [0.717, 1.165) is 33.4 Å². The summed E-state index contributed by atoms with van der Waals surface area (Å²) >= 11 is 14.4. The average molecular weight is 987 g/mol. The third-order valence-electron chi connectivity index (χ3n) is 14.1. The second-order valence-electron chi connectivity index (χ2n) is 21.9.